The van der Waals surface area contributed by atoms with E-state index >= 15 is 0 Å². The number of hydrogen-bond donors (Lipinski definition) is 3. The minimum atomic E-state index is -0.452. The summed E-state index contributed by atoms with van der Waals surface area (Å²) in [7, 11) is 0. The molecule has 0 saturated carbocycles. The van der Waals surface area contributed by atoms with Gasteiger partial charge in [-0.2, -0.15) is 0 Å². The van der Waals surface area contributed by atoms with Gasteiger partial charge in [0.25, 0.3) is 11.5 Å². The third-order valence-electron chi connectivity index (χ3n) is 2.44. The van der Waals surface area contributed by atoms with Crippen molar-refractivity contribution < 1.29 is 9.90 Å². The van der Waals surface area contributed by atoms with Crippen LogP contribution in [0.4, 0.5) is 0 Å². The second kappa shape index (κ2) is 5.18. The maximum Gasteiger partial charge on any atom is 0.256 e. The minimum Gasteiger partial charge on any atom is -0.507 e. The molecule has 0 fully saturated rings. The molecule has 2 rings (SSSR count). The summed E-state index contributed by atoms with van der Waals surface area (Å²) in [6.45, 7) is 0.359. The van der Waals surface area contributed by atoms with Crippen LogP contribution in [0.25, 0.3) is 0 Å². The average molecular weight is 244 g/mol. The highest BCUT2D eigenvalue weighted by Crippen LogP contribution is 2.11. The van der Waals surface area contributed by atoms with Crippen molar-refractivity contribution in [2.24, 2.45) is 0 Å². The largest absolute Gasteiger partial charge is 0.507 e. The van der Waals surface area contributed by atoms with E-state index in [9.17, 15) is 14.7 Å². The molecule has 2 aromatic rings. The summed E-state index contributed by atoms with van der Waals surface area (Å²) in [5, 5.41) is 12.1. The fourth-order valence-corrected chi connectivity index (χ4v) is 1.52. The van der Waals surface area contributed by atoms with Crippen LogP contribution < -0.4 is 10.9 Å². The van der Waals surface area contributed by atoms with Crippen LogP contribution in [0.5, 0.6) is 5.75 Å². The highest BCUT2D eigenvalue weighted by molar-refractivity contribution is 5.96. The normalized spacial score (nSPS) is 10.0. The molecule has 0 radical (unpaired) electrons. The molecule has 0 unspecified atom stereocenters. The molecular weight excluding hydrogens is 232 g/mol. The maximum absolute atomic E-state index is 11.8. The van der Waals surface area contributed by atoms with Crippen LogP contribution in [0.2, 0.25) is 0 Å². The lowest BCUT2D eigenvalue weighted by Gasteiger charge is -2.06. The number of H-pyrrole nitrogens is 1. The van der Waals surface area contributed by atoms with Gasteiger partial charge in [0.15, 0.2) is 0 Å². The van der Waals surface area contributed by atoms with E-state index in [1.54, 1.807) is 0 Å². The van der Waals surface area contributed by atoms with Gasteiger partial charge in [-0.25, -0.2) is 0 Å². The second-order valence-electron chi connectivity index (χ2n) is 3.76. The number of aromatic hydroxyl groups is 1. The lowest BCUT2D eigenvalue weighted by molar-refractivity contribution is 0.0948. The number of amides is 1. The van der Waals surface area contributed by atoms with Gasteiger partial charge in [0, 0.05) is 18.8 Å². The molecule has 0 atom stereocenters. The van der Waals surface area contributed by atoms with Gasteiger partial charge >= 0.3 is 0 Å². The number of hydrogen-bond acceptors (Lipinski definition) is 3. The van der Waals surface area contributed by atoms with Crippen LogP contribution in [0, 0.1) is 0 Å². The zero-order valence-electron chi connectivity index (χ0n) is 9.51. The molecule has 1 heterocycles. The van der Waals surface area contributed by atoms with Crippen LogP contribution in [-0.4, -0.2) is 16.0 Å². The molecule has 18 heavy (non-hydrogen) atoms. The van der Waals surface area contributed by atoms with Crippen LogP contribution >= 0.6 is 0 Å². The van der Waals surface area contributed by atoms with E-state index in [1.807, 2.05) is 30.3 Å². The van der Waals surface area contributed by atoms with Gasteiger partial charge in [0.2, 0.25) is 0 Å². The zero-order chi connectivity index (χ0) is 13.0. The SMILES string of the molecule is O=C(NCc1ccccc1)c1c[nH]c(=O)cc1O. The average Bonchev–Trinajstić information content (AvgIpc) is 2.37. The van der Waals surface area contributed by atoms with Crippen molar-refractivity contribution in [3.8, 4) is 5.75 Å². The van der Waals surface area contributed by atoms with Crippen LogP contribution in [-0.2, 0) is 6.54 Å². The van der Waals surface area contributed by atoms with Crippen LogP contribution in [0.3, 0.4) is 0 Å². The van der Waals surface area contributed by atoms with Gasteiger partial charge in [0.1, 0.15) is 5.75 Å². The van der Waals surface area contributed by atoms with E-state index in [2.05, 4.69) is 10.3 Å². The number of nitrogens with one attached hydrogen (secondary N) is 2. The van der Waals surface area contributed by atoms with Crippen molar-refractivity contribution in [3.05, 3.63) is 64.1 Å². The summed E-state index contributed by atoms with van der Waals surface area (Å²) < 4.78 is 0. The monoisotopic (exact) mass is 244 g/mol. The topological polar surface area (TPSA) is 82.2 Å². The first-order valence-corrected chi connectivity index (χ1v) is 5.40. The van der Waals surface area contributed by atoms with Gasteiger partial charge < -0.3 is 15.4 Å². The number of rotatable bonds is 3. The van der Waals surface area contributed by atoms with Gasteiger partial charge in [-0.15, -0.1) is 0 Å². The first kappa shape index (κ1) is 11.9. The predicted molar refractivity (Wildman–Crippen MR) is 66.3 cm³/mol. The molecule has 1 amide bonds. The Morgan fingerprint density at radius 3 is 2.67 bits per heavy atom. The summed E-state index contributed by atoms with van der Waals surface area (Å²) in [4.78, 5) is 25.0. The Kier molecular flexibility index (Phi) is 3.43. The molecule has 0 aliphatic rings. The van der Waals surface area contributed by atoms with Gasteiger partial charge in [-0.3, -0.25) is 9.59 Å². The molecule has 1 aromatic heterocycles. The first-order chi connectivity index (χ1) is 8.66. The second-order valence-corrected chi connectivity index (χ2v) is 3.76. The smallest absolute Gasteiger partial charge is 0.256 e. The van der Waals surface area contributed by atoms with Gasteiger partial charge in [-0.1, -0.05) is 30.3 Å². The number of carbonyl (C=O) groups excluding carboxylic acids is 1. The molecule has 92 valence electrons. The Hall–Kier alpha value is -2.56. The molecule has 3 N–H and O–H groups in total. The first-order valence-electron chi connectivity index (χ1n) is 5.40. The molecule has 0 aliphatic heterocycles. The fourth-order valence-electron chi connectivity index (χ4n) is 1.52. The van der Waals surface area contributed by atoms with E-state index in [0.29, 0.717) is 6.54 Å². The van der Waals surface area contributed by atoms with Crippen molar-refractivity contribution >= 4 is 5.91 Å². The van der Waals surface area contributed by atoms with Crippen molar-refractivity contribution in [1.29, 1.82) is 0 Å². The lowest BCUT2D eigenvalue weighted by Crippen LogP contribution is -2.23. The Bertz CT molecular complexity index is 605. The van der Waals surface area contributed by atoms with Crippen molar-refractivity contribution in [2.75, 3.05) is 0 Å². The highest BCUT2D eigenvalue weighted by atomic mass is 16.3. The third-order valence-corrected chi connectivity index (χ3v) is 2.44. The Labute approximate surface area is 103 Å². The van der Waals surface area contributed by atoms with Crippen LogP contribution in [0.1, 0.15) is 15.9 Å². The van der Waals surface area contributed by atoms with E-state index in [0.717, 1.165) is 11.6 Å². The quantitative estimate of drug-likeness (QED) is 0.753. The molecule has 0 aliphatic carbocycles. The molecule has 1 aromatic carbocycles. The standard InChI is InChI=1S/C13H12N2O3/c16-11-6-12(17)14-8-10(11)13(18)15-7-9-4-2-1-3-5-9/h1-6,8H,7H2,(H,15,18)(H2,14,16,17). The third kappa shape index (κ3) is 2.76. The van der Waals surface area contributed by atoms with Crippen molar-refractivity contribution in [2.45, 2.75) is 6.54 Å². The predicted octanol–water partition coefficient (Wildman–Crippen LogP) is 1.01. The molecule has 5 heteroatoms. The lowest BCUT2D eigenvalue weighted by atomic mass is 10.2. The molecule has 0 saturated heterocycles. The Morgan fingerprint density at radius 2 is 2.00 bits per heavy atom. The summed E-state index contributed by atoms with van der Waals surface area (Å²) in [5.74, 6) is -0.767. The van der Waals surface area contributed by atoms with Crippen molar-refractivity contribution in [1.82, 2.24) is 10.3 Å². The number of aromatic amines is 1. The van der Waals surface area contributed by atoms with E-state index < -0.39 is 11.5 Å². The van der Waals surface area contributed by atoms with E-state index in [1.165, 1.54) is 6.20 Å². The number of benzene rings is 1. The Morgan fingerprint density at radius 1 is 1.28 bits per heavy atom. The highest BCUT2D eigenvalue weighted by Gasteiger charge is 2.10. The van der Waals surface area contributed by atoms with Crippen LogP contribution in [0.15, 0.2) is 47.4 Å². The summed E-state index contributed by atoms with van der Waals surface area (Å²) in [5.41, 5.74) is 0.549. The summed E-state index contributed by atoms with van der Waals surface area (Å²) in [6.07, 6.45) is 1.19. The number of aromatic nitrogens is 1. The Balaban J connectivity index is 2.06. The maximum atomic E-state index is 11.8. The fraction of sp³-hybridized carbons (Fsp3) is 0.0769. The van der Waals surface area contributed by atoms with E-state index in [4.69, 9.17) is 0 Å². The van der Waals surface area contributed by atoms with Gasteiger partial charge in [-0.05, 0) is 5.56 Å². The molecular formula is C13H12N2O3. The van der Waals surface area contributed by atoms with Crippen molar-refractivity contribution in [3.63, 3.8) is 0 Å². The molecule has 0 bridgehead atoms. The minimum absolute atomic E-state index is 0.0468. The molecule has 0 spiro atoms. The van der Waals surface area contributed by atoms with Gasteiger partial charge in [0.05, 0.1) is 5.56 Å². The van der Waals surface area contributed by atoms with E-state index in [-0.39, 0.29) is 11.3 Å². The molecule has 5 nitrogen and oxygen atoms in total. The number of pyridine rings is 1. The number of carbonyl (C=O) groups is 1. The summed E-state index contributed by atoms with van der Waals surface area (Å²) >= 11 is 0. The summed E-state index contributed by atoms with van der Waals surface area (Å²) in [6, 6.07) is 10.4. The zero-order valence-corrected chi connectivity index (χ0v) is 9.51.